The van der Waals surface area contributed by atoms with Crippen molar-refractivity contribution in [2.24, 2.45) is 0 Å². The van der Waals surface area contributed by atoms with Gasteiger partial charge in [-0.1, -0.05) is 154 Å². The van der Waals surface area contributed by atoms with Gasteiger partial charge in [0.15, 0.2) is 18.0 Å². The molecule has 0 fully saturated rings. The largest absolute Gasteiger partial charge is 0.481 e. The molecule has 6 nitrogen and oxygen atoms in total. The second kappa shape index (κ2) is 32.7. The van der Waals surface area contributed by atoms with Crippen molar-refractivity contribution in [1.82, 2.24) is 0 Å². The standard InChI is InChI=1S/C38H70O6/c1-3-5-7-9-11-13-15-17-18-20-21-23-25-27-29-31-34(39)36(44-38(43)35(40)33-37(41)42)32-30-28-26-24-22-19-16-14-12-10-8-6-4-2/h17-18,35-36,40H,3-16,19-33H2,1-2H3,(H,41,42). The highest BCUT2D eigenvalue weighted by Gasteiger charge is 2.27. The number of aliphatic hydroxyl groups is 1. The highest BCUT2D eigenvalue weighted by Crippen LogP contribution is 2.17. The van der Waals surface area contributed by atoms with Crippen LogP contribution < -0.4 is 0 Å². The van der Waals surface area contributed by atoms with Gasteiger partial charge in [-0.15, -0.1) is 0 Å². The van der Waals surface area contributed by atoms with E-state index >= 15 is 0 Å². The molecular weight excluding hydrogens is 552 g/mol. The Morgan fingerprint density at radius 3 is 1.39 bits per heavy atom. The molecule has 2 unspecified atom stereocenters. The van der Waals surface area contributed by atoms with Crippen molar-refractivity contribution in [3.05, 3.63) is 12.2 Å². The molecule has 0 spiro atoms. The Morgan fingerprint density at radius 1 is 0.568 bits per heavy atom. The number of esters is 1. The van der Waals surface area contributed by atoms with Crippen LogP contribution in [-0.4, -0.2) is 40.1 Å². The Morgan fingerprint density at radius 2 is 0.955 bits per heavy atom. The van der Waals surface area contributed by atoms with Gasteiger partial charge >= 0.3 is 11.9 Å². The van der Waals surface area contributed by atoms with Crippen LogP contribution in [-0.2, 0) is 19.1 Å². The Bertz CT molecular complexity index is 703. The van der Waals surface area contributed by atoms with Crippen molar-refractivity contribution in [3.8, 4) is 0 Å². The number of Topliss-reactive ketones (excluding diaryl/α,β-unsaturated/α-hetero) is 1. The normalized spacial score (nSPS) is 12.9. The van der Waals surface area contributed by atoms with E-state index in [-0.39, 0.29) is 5.78 Å². The van der Waals surface area contributed by atoms with Crippen LogP contribution >= 0.6 is 0 Å². The van der Waals surface area contributed by atoms with Crippen molar-refractivity contribution in [3.63, 3.8) is 0 Å². The van der Waals surface area contributed by atoms with E-state index in [4.69, 9.17) is 9.84 Å². The van der Waals surface area contributed by atoms with Crippen LogP contribution in [0.2, 0.25) is 0 Å². The number of allylic oxidation sites excluding steroid dienone is 2. The maximum atomic E-state index is 12.9. The van der Waals surface area contributed by atoms with Crippen molar-refractivity contribution < 1.29 is 29.3 Å². The number of carboxylic acid groups (broad SMARTS) is 1. The molecule has 0 aliphatic heterocycles. The van der Waals surface area contributed by atoms with E-state index < -0.39 is 30.6 Å². The molecule has 44 heavy (non-hydrogen) atoms. The first-order valence-electron chi connectivity index (χ1n) is 18.7. The van der Waals surface area contributed by atoms with Gasteiger partial charge in [0.2, 0.25) is 0 Å². The molecule has 0 aromatic heterocycles. The van der Waals surface area contributed by atoms with E-state index in [0.29, 0.717) is 12.8 Å². The van der Waals surface area contributed by atoms with Gasteiger partial charge in [-0.3, -0.25) is 9.59 Å². The molecule has 0 aliphatic rings. The number of aliphatic carboxylic acids is 1. The number of ketones is 1. The average molecular weight is 623 g/mol. The zero-order valence-electron chi connectivity index (χ0n) is 28.8. The Hall–Kier alpha value is -1.69. The minimum absolute atomic E-state index is 0.113. The van der Waals surface area contributed by atoms with Crippen molar-refractivity contribution in [1.29, 1.82) is 0 Å². The number of hydrogen-bond acceptors (Lipinski definition) is 5. The molecule has 0 heterocycles. The molecule has 0 bridgehead atoms. The fraction of sp³-hybridized carbons (Fsp3) is 0.868. The third-order valence-corrected chi connectivity index (χ3v) is 8.51. The van der Waals surface area contributed by atoms with Crippen LogP contribution in [0, 0.1) is 0 Å². The minimum atomic E-state index is -1.74. The zero-order chi connectivity index (χ0) is 32.5. The molecule has 2 N–H and O–H groups in total. The summed E-state index contributed by atoms with van der Waals surface area (Å²) in [5, 5.41) is 18.7. The molecule has 2 atom stereocenters. The molecule has 0 aliphatic carbocycles. The van der Waals surface area contributed by atoms with Crippen LogP contribution in [0.25, 0.3) is 0 Å². The number of rotatable bonds is 34. The number of ether oxygens (including phenoxy) is 1. The zero-order valence-corrected chi connectivity index (χ0v) is 28.8. The van der Waals surface area contributed by atoms with Gasteiger partial charge in [-0.05, 0) is 44.9 Å². The van der Waals surface area contributed by atoms with Crippen LogP contribution in [0.1, 0.15) is 200 Å². The summed E-state index contributed by atoms with van der Waals surface area (Å²) in [7, 11) is 0. The quantitative estimate of drug-likeness (QED) is 0.0420. The smallest absolute Gasteiger partial charge is 0.336 e. The average Bonchev–Trinajstić information content (AvgIpc) is 3.00. The third-order valence-electron chi connectivity index (χ3n) is 8.51. The Balaban J connectivity index is 4.16. The molecular formula is C38H70O6. The van der Waals surface area contributed by atoms with E-state index in [1.807, 2.05) is 0 Å². The fourth-order valence-corrected chi connectivity index (χ4v) is 5.63. The highest BCUT2D eigenvalue weighted by atomic mass is 16.6. The van der Waals surface area contributed by atoms with Crippen molar-refractivity contribution in [2.45, 2.75) is 212 Å². The number of hydrogen-bond donors (Lipinski definition) is 2. The molecule has 0 saturated heterocycles. The summed E-state index contributed by atoms with van der Waals surface area (Å²) in [6, 6.07) is 0. The van der Waals surface area contributed by atoms with Gasteiger partial charge in [0.25, 0.3) is 0 Å². The van der Waals surface area contributed by atoms with E-state index in [2.05, 4.69) is 26.0 Å². The molecule has 0 saturated carbocycles. The van der Waals surface area contributed by atoms with E-state index in [1.54, 1.807) is 0 Å². The lowest BCUT2D eigenvalue weighted by atomic mass is 10.00. The van der Waals surface area contributed by atoms with Crippen LogP contribution in [0.4, 0.5) is 0 Å². The van der Waals surface area contributed by atoms with E-state index in [0.717, 1.165) is 51.4 Å². The second-order valence-corrected chi connectivity index (χ2v) is 12.9. The summed E-state index contributed by atoms with van der Waals surface area (Å²) >= 11 is 0. The summed E-state index contributed by atoms with van der Waals surface area (Å²) in [5.74, 6) is -2.40. The van der Waals surface area contributed by atoms with Gasteiger partial charge in [0, 0.05) is 6.42 Å². The van der Waals surface area contributed by atoms with E-state index in [1.165, 1.54) is 116 Å². The first-order chi connectivity index (χ1) is 21.4. The molecule has 6 heteroatoms. The Labute approximate surface area is 271 Å². The maximum absolute atomic E-state index is 12.9. The van der Waals surface area contributed by atoms with Gasteiger partial charge in [0.1, 0.15) is 0 Å². The van der Waals surface area contributed by atoms with Gasteiger partial charge < -0.3 is 14.9 Å². The number of carbonyl (C=O) groups excluding carboxylic acids is 2. The lowest BCUT2D eigenvalue weighted by molar-refractivity contribution is -0.166. The molecule has 0 amide bonds. The number of unbranched alkanes of at least 4 members (excludes halogenated alkanes) is 23. The predicted molar refractivity (Wildman–Crippen MR) is 183 cm³/mol. The van der Waals surface area contributed by atoms with Crippen molar-refractivity contribution in [2.75, 3.05) is 0 Å². The number of carbonyl (C=O) groups is 3. The monoisotopic (exact) mass is 623 g/mol. The van der Waals surface area contributed by atoms with Crippen LogP contribution in [0.5, 0.6) is 0 Å². The van der Waals surface area contributed by atoms with Crippen LogP contribution in [0.3, 0.4) is 0 Å². The van der Waals surface area contributed by atoms with E-state index in [9.17, 15) is 19.5 Å². The summed E-state index contributed by atoms with van der Waals surface area (Å²) in [6.45, 7) is 4.50. The number of carboxylic acids is 1. The molecule has 0 aromatic carbocycles. The SMILES string of the molecule is CCCCCCCCC=CCCCCCCCC(=O)C(CCCCCCCCCCCCCCC)OC(=O)C(O)CC(=O)O. The summed E-state index contributed by atoms with van der Waals surface area (Å²) in [6.07, 6.45) is 33.5. The first-order valence-corrected chi connectivity index (χ1v) is 18.7. The van der Waals surface area contributed by atoms with Gasteiger partial charge in [-0.25, -0.2) is 4.79 Å². The summed E-state index contributed by atoms with van der Waals surface area (Å²) in [4.78, 5) is 36.0. The molecule has 258 valence electrons. The summed E-state index contributed by atoms with van der Waals surface area (Å²) in [5.41, 5.74) is 0. The van der Waals surface area contributed by atoms with Gasteiger partial charge in [-0.2, -0.15) is 0 Å². The maximum Gasteiger partial charge on any atom is 0.336 e. The molecule has 0 aromatic rings. The lowest BCUT2D eigenvalue weighted by Gasteiger charge is -2.18. The first kappa shape index (κ1) is 42.3. The van der Waals surface area contributed by atoms with Crippen LogP contribution in [0.15, 0.2) is 12.2 Å². The van der Waals surface area contributed by atoms with Crippen molar-refractivity contribution >= 4 is 17.7 Å². The summed E-state index contributed by atoms with van der Waals surface area (Å²) < 4.78 is 5.35. The lowest BCUT2D eigenvalue weighted by Crippen LogP contribution is -2.34. The predicted octanol–water partition coefficient (Wildman–Crippen LogP) is 10.8. The fourth-order valence-electron chi connectivity index (χ4n) is 5.63. The Kier molecular flexibility index (Phi) is 31.4. The minimum Gasteiger partial charge on any atom is -0.481 e. The third kappa shape index (κ3) is 29.0. The number of aliphatic hydroxyl groups excluding tert-OH is 1. The van der Waals surface area contributed by atoms with Gasteiger partial charge in [0.05, 0.1) is 6.42 Å². The molecule has 0 rings (SSSR count). The topological polar surface area (TPSA) is 101 Å². The second-order valence-electron chi connectivity index (χ2n) is 12.9. The molecule has 0 radical (unpaired) electrons. The highest BCUT2D eigenvalue weighted by molar-refractivity contribution is 5.87.